The van der Waals surface area contributed by atoms with Gasteiger partial charge in [0.15, 0.2) is 6.04 Å². The molecule has 0 bridgehead atoms. The summed E-state index contributed by atoms with van der Waals surface area (Å²) >= 11 is 1.33. The summed E-state index contributed by atoms with van der Waals surface area (Å²) in [7, 11) is 1.45. The van der Waals surface area contributed by atoms with Gasteiger partial charge < -0.3 is 14.7 Å². The van der Waals surface area contributed by atoms with E-state index in [1.165, 1.54) is 30.6 Å². The molecule has 3 amide bonds. The molecule has 4 N–H and O–H groups in total. The van der Waals surface area contributed by atoms with E-state index in [-0.39, 0.29) is 26.2 Å². The molecule has 2 rings (SSSR count). The first-order valence-electron chi connectivity index (χ1n) is 11.3. The molecule has 1 heterocycles. The highest BCUT2D eigenvalue weighted by Crippen LogP contribution is 2.18. The lowest BCUT2D eigenvalue weighted by atomic mass is 10.0. The second-order valence-electron chi connectivity index (χ2n) is 8.06. The Bertz CT molecular complexity index is 890. The van der Waals surface area contributed by atoms with Crippen LogP contribution in [0.3, 0.4) is 0 Å². The van der Waals surface area contributed by atoms with Crippen molar-refractivity contribution < 1.29 is 44.3 Å². The highest BCUT2D eigenvalue weighted by atomic mass is 32.2. The smallest absolute Gasteiger partial charge is 0.331 e. The van der Waals surface area contributed by atoms with Crippen LogP contribution in [0.2, 0.25) is 0 Å². The zero-order chi connectivity index (χ0) is 26.7. The Hall–Kier alpha value is -2.75. The van der Waals surface area contributed by atoms with Crippen LogP contribution in [-0.4, -0.2) is 111 Å². The van der Waals surface area contributed by atoms with E-state index >= 15 is 0 Å². The van der Waals surface area contributed by atoms with Crippen molar-refractivity contribution in [2.75, 3.05) is 38.3 Å². The summed E-state index contributed by atoms with van der Waals surface area (Å²) in [6, 6.07) is 5.43. The number of nitrogens with zero attached hydrogens (tertiary/aromatic N) is 3. The number of carboxylic acid groups (broad SMARTS) is 1. The van der Waals surface area contributed by atoms with Crippen molar-refractivity contribution >= 4 is 35.6 Å². The van der Waals surface area contributed by atoms with E-state index in [1.54, 1.807) is 0 Å². The van der Waals surface area contributed by atoms with E-state index in [0.29, 0.717) is 17.9 Å². The first kappa shape index (κ1) is 29.5. The predicted molar refractivity (Wildman–Crippen MR) is 127 cm³/mol. The third kappa shape index (κ3) is 9.04. The van der Waals surface area contributed by atoms with E-state index in [9.17, 15) is 24.3 Å². The van der Waals surface area contributed by atoms with Gasteiger partial charge in [0.2, 0.25) is 5.91 Å². The highest BCUT2D eigenvalue weighted by Gasteiger charge is 2.46. The van der Waals surface area contributed by atoms with Crippen LogP contribution < -0.4 is 5.32 Å². The van der Waals surface area contributed by atoms with E-state index in [2.05, 4.69) is 10.2 Å². The number of ether oxygens (including phenoxy) is 1. The van der Waals surface area contributed by atoms with Crippen LogP contribution in [0, 0.1) is 0 Å². The van der Waals surface area contributed by atoms with Crippen LogP contribution >= 0.6 is 11.8 Å². The summed E-state index contributed by atoms with van der Waals surface area (Å²) in [5.41, 5.74) is 0.957. The summed E-state index contributed by atoms with van der Waals surface area (Å²) in [6.07, 6.45) is 0.710. The Morgan fingerprint density at radius 3 is 2.50 bits per heavy atom. The predicted octanol–water partition coefficient (Wildman–Crippen LogP) is 0.602. The maximum atomic E-state index is 13.1. The van der Waals surface area contributed by atoms with Crippen LogP contribution in [0.1, 0.15) is 18.9 Å². The van der Waals surface area contributed by atoms with Gasteiger partial charge in [-0.25, -0.2) is 19.3 Å². The van der Waals surface area contributed by atoms with Crippen LogP contribution in [-0.2, 0) is 30.4 Å². The van der Waals surface area contributed by atoms with Crippen molar-refractivity contribution in [3.05, 3.63) is 35.9 Å². The first-order chi connectivity index (χ1) is 17.1. The number of likely N-dealkylation sites (N-methyl/N-ethyl adjacent to an activating group) is 1. The van der Waals surface area contributed by atoms with Gasteiger partial charge >= 0.3 is 18.0 Å². The summed E-state index contributed by atoms with van der Waals surface area (Å²) in [5.74, 6) is -1.80. The quantitative estimate of drug-likeness (QED) is 0.142. The summed E-state index contributed by atoms with van der Waals surface area (Å²) in [6.45, 7) is 1.45. The number of carbonyl (C=O) groups excluding carboxylic acids is 3. The maximum absolute atomic E-state index is 13.1. The van der Waals surface area contributed by atoms with Crippen molar-refractivity contribution in [3.8, 4) is 0 Å². The third-order valence-electron chi connectivity index (χ3n) is 5.39. The SMILES string of the molecule is CC(NC(CCc1ccccc1)C(=O)O)C(=O)N1C(=O)N(C)CC1C(=O)OCCSCCON(O)O. The number of thioether (sulfide) groups is 1. The Labute approximate surface area is 212 Å². The molecule has 0 saturated carbocycles. The summed E-state index contributed by atoms with van der Waals surface area (Å²) < 4.78 is 5.22. The molecular formula is C22H32N4O9S. The number of rotatable bonds is 15. The molecule has 1 aliphatic heterocycles. The molecule has 0 spiro atoms. The molecule has 36 heavy (non-hydrogen) atoms. The number of hydrogen-bond acceptors (Lipinski definition) is 11. The lowest BCUT2D eigenvalue weighted by molar-refractivity contribution is -0.490. The Morgan fingerprint density at radius 1 is 1.19 bits per heavy atom. The average Bonchev–Trinajstić information content (AvgIpc) is 3.14. The Morgan fingerprint density at radius 2 is 1.86 bits per heavy atom. The van der Waals surface area contributed by atoms with E-state index in [4.69, 9.17) is 15.2 Å². The van der Waals surface area contributed by atoms with Gasteiger partial charge in [-0.15, -0.1) is 0 Å². The van der Waals surface area contributed by atoms with E-state index < -0.39 is 47.4 Å². The molecule has 3 unspecified atom stereocenters. The molecule has 0 radical (unpaired) electrons. The number of aryl methyl sites for hydroxylation is 1. The number of aliphatic carboxylic acids is 1. The van der Waals surface area contributed by atoms with Crippen molar-refractivity contribution in [1.82, 2.24) is 20.5 Å². The highest BCUT2D eigenvalue weighted by molar-refractivity contribution is 7.99. The second kappa shape index (κ2) is 14.7. The van der Waals surface area contributed by atoms with E-state index in [1.807, 2.05) is 30.3 Å². The molecule has 14 heteroatoms. The Kier molecular flexibility index (Phi) is 12.1. The molecule has 1 aromatic carbocycles. The second-order valence-corrected chi connectivity index (χ2v) is 9.28. The molecule has 200 valence electrons. The largest absolute Gasteiger partial charge is 0.480 e. The van der Waals surface area contributed by atoms with Crippen molar-refractivity contribution in [3.63, 3.8) is 0 Å². The monoisotopic (exact) mass is 528 g/mol. The van der Waals surface area contributed by atoms with Crippen LogP contribution in [0.5, 0.6) is 0 Å². The summed E-state index contributed by atoms with van der Waals surface area (Å²) in [5, 5.41) is 28.9. The van der Waals surface area contributed by atoms with Crippen LogP contribution in [0.15, 0.2) is 30.3 Å². The number of urea groups is 1. The third-order valence-corrected chi connectivity index (χ3v) is 6.30. The molecule has 1 saturated heterocycles. The van der Waals surface area contributed by atoms with Gasteiger partial charge in [0.25, 0.3) is 0 Å². The van der Waals surface area contributed by atoms with Crippen LogP contribution in [0.25, 0.3) is 0 Å². The molecule has 1 aliphatic rings. The fourth-order valence-electron chi connectivity index (χ4n) is 3.56. The van der Waals surface area contributed by atoms with Gasteiger partial charge in [-0.1, -0.05) is 30.3 Å². The van der Waals surface area contributed by atoms with Crippen molar-refractivity contribution in [2.24, 2.45) is 0 Å². The van der Waals surface area contributed by atoms with Gasteiger partial charge in [0.05, 0.1) is 24.6 Å². The number of esters is 1. The molecule has 1 fully saturated rings. The number of carboxylic acids is 1. The molecule has 3 atom stereocenters. The zero-order valence-electron chi connectivity index (χ0n) is 20.1. The lowest BCUT2D eigenvalue weighted by Gasteiger charge is -2.26. The fraction of sp³-hybridized carbons (Fsp3) is 0.545. The zero-order valence-corrected chi connectivity index (χ0v) is 20.9. The van der Waals surface area contributed by atoms with Gasteiger partial charge in [0, 0.05) is 18.6 Å². The average molecular weight is 529 g/mol. The number of benzene rings is 1. The minimum atomic E-state index is -1.16. The van der Waals surface area contributed by atoms with Crippen molar-refractivity contribution in [1.29, 1.82) is 0 Å². The molecule has 0 aliphatic carbocycles. The topological polar surface area (TPSA) is 169 Å². The number of nitrogens with one attached hydrogen (secondary N) is 1. The lowest BCUT2D eigenvalue weighted by Crippen LogP contribution is -2.54. The fourth-order valence-corrected chi connectivity index (χ4v) is 4.15. The molecule has 1 aromatic rings. The number of hydrogen-bond donors (Lipinski definition) is 4. The van der Waals surface area contributed by atoms with E-state index in [0.717, 1.165) is 10.5 Å². The first-order valence-corrected chi connectivity index (χ1v) is 12.4. The number of carbonyl (C=O) groups is 4. The number of imide groups is 1. The molecular weight excluding hydrogens is 496 g/mol. The minimum absolute atomic E-state index is 0.0102. The van der Waals surface area contributed by atoms with Gasteiger partial charge in [-0.3, -0.25) is 25.3 Å². The van der Waals surface area contributed by atoms with Gasteiger partial charge in [-0.05, 0) is 25.3 Å². The van der Waals surface area contributed by atoms with Crippen LogP contribution in [0.4, 0.5) is 4.79 Å². The molecule has 13 nitrogen and oxygen atoms in total. The minimum Gasteiger partial charge on any atom is -0.480 e. The van der Waals surface area contributed by atoms with Crippen molar-refractivity contribution in [2.45, 2.75) is 37.9 Å². The Balaban J connectivity index is 1.91. The van der Waals surface area contributed by atoms with Gasteiger partial charge in [0.1, 0.15) is 12.6 Å². The molecule has 0 aromatic heterocycles. The number of amides is 3. The maximum Gasteiger partial charge on any atom is 0.331 e. The van der Waals surface area contributed by atoms with Gasteiger partial charge in [-0.2, -0.15) is 11.8 Å². The normalized spacial score (nSPS) is 17.4. The summed E-state index contributed by atoms with van der Waals surface area (Å²) in [4.78, 5) is 56.5. The standard InChI is InChI=1S/C22H32N4O9S/c1-15(23-17(20(28)29)9-8-16-6-4-3-5-7-16)19(27)25-18(14-24(2)22(25)31)21(30)34-10-12-36-13-11-35-26(32)33/h3-7,15,17-18,23,32-33H,8-14H2,1-2H3,(H,28,29).